The Morgan fingerprint density at radius 1 is 0.339 bits per heavy atom. The summed E-state index contributed by atoms with van der Waals surface area (Å²) in [7, 11) is 0. The fourth-order valence-electron chi connectivity index (χ4n) is 8.10. The lowest BCUT2D eigenvalue weighted by Gasteiger charge is -2.06. The Labute approximate surface area is 351 Å². The van der Waals surface area contributed by atoms with Crippen molar-refractivity contribution in [2.45, 2.75) is 302 Å². The maximum Gasteiger partial charge on any atom is 0.305 e. The minimum atomic E-state index is -0.653. The monoisotopic (exact) mass is 789 g/mol. The Hall–Kier alpha value is -1.32. The lowest BCUT2D eigenvalue weighted by atomic mass is 10.0. The van der Waals surface area contributed by atoms with Crippen LogP contribution < -0.4 is 0 Å². The van der Waals surface area contributed by atoms with Gasteiger partial charge in [0, 0.05) is 12.8 Å². The number of hydrogen-bond acceptors (Lipinski definition) is 3. The van der Waals surface area contributed by atoms with Crippen molar-refractivity contribution in [2.24, 2.45) is 0 Å². The van der Waals surface area contributed by atoms with Crippen molar-refractivity contribution in [3.63, 3.8) is 0 Å². The van der Waals surface area contributed by atoms with Crippen LogP contribution >= 0.6 is 0 Å². The molecule has 332 valence electrons. The van der Waals surface area contributed by atoms with E-state index in [9.17, 15) is 9.59 Å². The first kappa shape index (κ1) is 54.7. The molecule has 0 unspecified atom stereocenters. The number of esters is 1. The molecule has 0 atom stereocenters. The van der Waals surface area contributed by atoms with Crippen molar-refractivity contribution in [3.8, 4) is 0 Å². The van der Waals surface area contributed by atoms with E-state index in [0.29, 0.717) is 19.4 Å². The van der Waals surface area contributed by atoms with E-state index in [4.69, 9.17) is 9.84 Å². The highest BCUT2D eigenvalue weighted by molar-refractivity contribution is 5.69. The summed E-state index contributed by atoms with van der Waals surface area (Å²) < 4.78 is 5.49. The van der Waals surface area contributed by atoms with Gasteiger partial charge in [0.25, 0.3) is 0 Å². The van der Waals surface area contributed by atoms with Crippen molar-refractivity contribution in [1.29, 1.82) is 0 Å². The molecule has 0 heterocycles. The second kappa shape index (κ2) is 49.8. The third kappa shape index (κ3) is 50.7. The van der Waals surface area contributed by atoms with E-state index in [1.54, 1.807) is 0 Å². The zero-order valence-electron chi connectivity index (χ0n) is 38.1. The van der Waals surface area contributed by atoms with Gasteiger partial charge in [-0.15, -0.1) is 0 Å². The average molecular weight is 789 g/mol. The molecule has 0 aromatic carbocycles. The van der Waals surface area contributed by atoms with E-state index in [2.05, 4.69) is 19.1 Å². The Bertz CT molecular complexity index is 792. The molecule has 0 saturated carbocycles. The standard InChI is InChI=1S/C52H100O4/c1-2-3-4-5-6-7-8-9-10-11-21-25-28-31-34-37-40-43-46-49-52(55)56-50-47-44-41-38-35-32-29-26-23-20-18-16-14-12-13-15-17-19-22-24-27-30-33-36-39-42-45-48-51(53)54/h9-10H,2-8,11-50H2,1H3,(H,53,54). The highest BCUT2D eigenvalue weighted by Gasteiger charge is 2.03. The highest BCUT2D eigenvalue weighted by atomic mass is 16.5. The van der Waals surface area contributed by atoms with E-state index >= 15 is 0 Å². The molecule has 0 spiro atoms. The molecule has 0 aromatic rings. The molecule has 0 aliphatic heterocycles. The van der Waals surface area contributed by atoms with E-state index in [-0.39, 0.29) is 5.97 Å². The van der Waals surface area contributed by atoms with E-state index in [1.807, 2.05) is 0 Å². The number of carbonyl (C=O) groups excluding carboxylic acids is 1. The molecule has 0 bridgehead atoms. The summed E-state index contributed by atoms with van der Waals surface area (Å²) in [6.45, 7) is 2.91. The minimum absolute atomic E-state index is 0.0202. The van der Waals surface area contributed by atoms with Gasteiger partial charge in [0.15, 0.2) is 0 Å². The van der Waals surface area contributed by atoms with Gasteiger partial charge in [-0.25, -0.2) is 0 Å². The van der Waals surface area contributed by atoms with Gasteiger partial charge >= 0.3 is 11.9 Å². The number of aliphatic carboxylic acids is 1. The van der Waals surface area contributed by atoms with Crippen molar-refractivity contribution in [3.05, 3.63) is 12.2 Å². The Kier molecular flexibility index (Phi) is 48.7. The second-order valence-electron chi connectivity index (χ2n) is 17.7. The summed E-state index contributed by atoms with van der Waals surface area (Å²) in [6.07, 6.45) is 64.3. The lowest BCUT2D eigenvalue weighted by Crippen LogP contribution is -2.05. The van der Waals surface area contributed by atoms with Gasteiger partial charge in [-0.05, 0) is 44.9 Å². The largest absolute Gasteiger partial charge is 0.481 e. The van der Waals surface area contributed by atoms with E-state index < -0.39 is 5.97 Å². The van der Waals surface area contributed by atoms with Crippen LogP contribution in [0.2, 0.25) is 0 Å². The molecule has 1 N–H and O–H groups in total. The Balaban J connectivity index is 3.16. The van der Waals surface area contributed by atoms with Crippen LogP contribution in [0.1, 0.15) is 302 Å². The molecule has 4 heteroatoms. The topological polar surface area (TPSA) is 63.6 Å². The first-order valence-corrected chi connectivity index (χ1v) is 25.7. The highest BCUT2D eigenvalue weighted by Crippen LogP contribution is 2.17. The third-order valence-corrected chi connectivity index (χ3v) is 11.9. The van der Waals surface area contributed by atoms with Crippen molar-refractivity contribution in [2.75, 3.05) is 6.61 Å². The van der Waals surface area contributed by atoms with Crippen LogP contribution in [0.3, 0.4) is 0 Å². The van der Waals surface area contributed by atoms with Gasteiger partial charge in [0.05, 0.1) is 6.61 Å². The lowest BCUT2D eigenvalue weighted by molar-refractivity contribution is -0.144. The summed E-state index contributed by atoms with van der Waals surface area (Å²) in [5.41, 5.74) is 0. The number of carbonyl (C=O) groups is 2. The van der Waals surface area contributed by atoms with Gasteiger partial charge in [-0.3, -0.25) is 9.59 Å². The average Bonchev–Trinajstić information content (AvgIpc) is 3.19. The van der Waals surface area contributed by atoms with Gasteiger partial charge in [0.1, 0.15) is 0 Å². The van der Waals surface area contributed by atoms with Gasteiger partial charge < -0.3 is 9.84 Å². The maximum atomic E-state index is 12.1. The first-order chi connectivity index (χ1) is 27.7. The maximum absolute atomic E-state index is 12.1. The van der Waals surface area contributed by atoms with E-state index in [0.717, 1.165) is 25.7 Å². The number of allylic oxidation sites excluding steroid dienone is 2. The summed E-state index contributed by atoms with van der Waals surface area (Å²) in [6, 6.07) is 0. The normalized spacial score (nSPS) is 11.6. The van der Waals surface area contributed by atoms with Crippen LogP contribution in [-0.2, 0) is 14.3 Å². The van der Waals surface area contributed by atoms with Crippen LogP contribution in [0.25, 0.3) is 0 Å². The van der Waals surface area contributed by atoms with Crippen molar-refractivity contribution >= 4 is 11.9 Å². The third-order valence-electron chi connectivity index (χ3n) is 11.9. The van der Waals surface area contributed by atoms with Gasteiger partial charge in [0.2, 0.25) is 0 Å². The van der Waals surface area contributed by atoms with Gasteiger partial charge in [-0.1, -0.05) is 257 Å². The van der Waals surface area contributed by atoms with Crippen molar-refractivity contribution < 1.29 is 19.4 Å². The molecule has 0 aliphatic rings. The molecule has 0 aliphatic carbocycles. The zero-order valence-corrected chi connectivity index (χ0v) is 38.1. The van der Waals surface area contributed by atoms with Crippen LogP contribution in [0.15, 0.2) is 12.2 Å². The molecular weight excluding hydrogens is 689 g/mol. The molecule has 0 saturated heterocycles. The number of ether oxygens (including phenoxy) is 1. The molecule has 4 nitrogen and oxygen atoms in total. The summed E-state index contributed by atoms with van der Waals surface area (Å²) in [5.74, 6) is -0.633. The zero-order chi connectivity index (χ0) is 40.5. The number of hydrogen-bond donors (Lipinski definition) is 1. The predicted octanol–water partition coefficient (Wildman–Crippen LogP) is 18.1. The number of unbranched alkanes of at least 4 members (excludes halogenated alkanes) is 41. The minimum Gasteiger partial charge on any atom is -0.481 e. The molecule has 0 radical (unpaired) electrons. The van der Waals surface area contributed by atoms with E-state index in [1.165, 1.54) is 257 Å². The number of carboxylic acid groups (broad SMARTS) is 1. The van der Waals surface area contributed by atoms with Crippen molar-refractivity contribution in [1.82, 2.24) is 0 Å². The summed E-state index contributed by atoms with van der Waals surface area (Å²) >= 11 is 0. The Morgan fingerprint density at radius 3 is 0.893 bits per heavy atom. The summed E-state index contributed by atoms with van der Waals surface area (Å²) in [5, 5.41) is 8.66. The predicted molar refractivity (Wildman–Crippen MR) is 246 cm³/mol. The molecule has 56 heavy (non-hydrogen) atoms. The SMILES string of the molecule is CCCCCCCCC=CCCCCCCCCCCCC(=O)OCCCCCCCCCCCCCCCCCCCCCCCCCCCCCC(=O)O. The fourth-order valence-corrected chi connectivity index (χ4v) is 8.10. The molecule has 0 rings (SSSR count). The van der Waals surface area contributed by atoms with Crippen LogP contribution in [0.4, 0.5) is 0 Å². The number of carboxylic acids is 1. The first-order valence-electron chi connectivity index (χ1n) is 25.7. The van der Waals surface area contributed by atoms with Crippen LogP contribution in [-0.4, -0.2) is 23.7 Å². The fraction of sp³-hybridized carbons (Fsp3) is 0.923. The van der Waals surface area contributed by atoms with Crippen LogP contribution in [0, 0.1) is 0 Å². The number of rotatable bonds is 49. The summed E-state index contributed by atoms with van der Waals surface area (Å²) in [4.78, 5) is 22.6. The molecule has 0 fully saturated rings. The molecular formula is C52H100O4. The second-order valence-corrected chi connectivity index (χ2v) is 17.7. The van der Waals surface area contributed by atoms with Gasteiger partial charge in [-0.2, -0.15) is 0 Å². The quantitative estimate of drug-likeness (QED) is 0.0379. The van der Waals surface area contributed by atoms with Crippen LogP contribution in [0.5, 0.6) is 0 Å². The molecule has 0 aromatic heterocycles. The smallest absolute Gasteiger partial charge is 0.305 e. The Morgan fingerprint density at radius 2 is 0.589 bits per heavy atom. The molecule has 0 amide bonds.